The van der Waals surface area contributed by atoms with Crippen molar-refractivity contribution >= 4 is 23.2 Å². The summed E-state index contributed by atoms with van der Waals surface area (Å²) in [6, 6.07) is 9.77. The smallest absolute Gasteiger partial charge is 0.442 e. The maximum absolute atomic E-state index is 12.5. The summed E-state index contributed by atoms with van der Waals surface area (Å²) in [5.41, 5.74) is 0.892. The van der Waals surface area contributed by atoms with Crippen LogP contribution in [0.15, 0.2) is 45.7 Å². The summed E-state index contributed by atoms with van der Waals surface area (Å²) in [4.78, 5) is 24.6. The molecule has 0 radical (unpaired) electrons. The molecule has 10 heteroatoms. The van der Waals surface area contributed by atoms with Gasteiger partial charge >= 0.3 is 5.76 Å². The van der Waals surface area contributed by atoms with Crippen molar-refractivity contribution < 1.29 is 23.5 Å². The van der Waals surface area contributed by atoms with E-state index in [1.165, 1.54) is 21.3 Å². The molecule has 3 rings (SSSR count). The van der Waals surface area contributed by atoms with Crippen LogP contribution < -0.4 is 25.3 Å². The first-order chi connectivity index (χ1) is 14.0. The summed E-state index contributed by atoms with van der Waals surface area (Å²) in [6.45, 7) is -0.332. The molecule has 0 aliphatic carbocycles. The first-order valence-corrected chi connectivity index (χ1v) is 8.77. The van der Waals surface area contributed by atoms with Gasteiger partial charge in [-0.25, -0.2) is 9.36 Å². The lowest BCUT2D eigenvalue weighted by molar-refractivity contribution is -0.116. The number of ether oxygens (including phenoxy) is 3. The molecule has 1 N–H and O–H groups in total. The Morgan fingerprint density at radius 2 is 1.76 bits per heavy atom. The number of amides is 1. The van der Waals surface area contributed by atoms with E-state index >= 15 is 0 Å². The third kappa shape index (κ3) is 4.35. The number of carbonyl (C=O) groups is 1. The minimum Gasteiger partial charge on any atom is -0.495 e. The van der Waals surface area contributed by atoms with Crippen molar-refractivity contribution in [2.75, 3.05) is 26.6 Å². The molecule has 0 fully saturated rings. The maximum Gasteiger partial charge on any atom is 0.442 e. The van der Waals surface area contributed by atoms with Gasteiger partial charge in [0.25, 0.3) is 0 Å². The van der Waals surface area contributed by atoms with Crippen molar-refractivity contribution in [1.29, 1.82) is 0 Å². The quantitative estimate of drug-likeness (QED) is 0.627. The van der Waals surface area contributed by atoms with Crippen molar-refractivity contribution in [3.63, 3.8) is 0 Å². The fourth-order valence-electron chi connectivity index (χ4n) is 2.70. The molecular formula is C19H18ClN3O6. The molecule has 0 unspecified atom stereocenters. The van der Waals surface area contributed by atoms with E-state index in [0.29, 0.717) is 33.5 Å². The highest BCUT2D eigenvalue weighted by Crippen LogP contribution is 2.31. The van der Waals surface area contributed by atoms with E-state index in [1.807, 2.05) is 0 Å². The molecule has 0 spiro atoms. The Bertz CT molecular complexity index is 1090. The topological polar surface area (TPSA) is 105 Å². The van der Waals surface area contributed by atoms with Gasteiger partial charge in [0, 0.05) is 10.6 Å². The number of methoxy groups -OCH3 is 3. The summed E-state index contributed by atoms with van der Waals surface area (Å²) in [7, 11) is 4.47. The number of benzene rings is 2. The predicted octanol–water partition coefficient (Wildman–Crippen LogP) is 2.82. The molecule has 152 valence electrons. The van der Waals surface area contributed by atoms with E-state index in [-0.39, 0.29) is 12.4 Å². The first-order valence-electron chi connectivity index (χ1n) is 8.39. The number of halogens is 1. The number of rotatable bonds is 7. The monoisotopic (exact) mass is 419 g/mol. The number of nitrogens with zero attached hydrogens (tertiary/aromatic N) is 2. The zero-order chi connectivity index (χ0) is 21.0. The second kappa shape index (κ2) is 8.70. The fraction of sp³-hybridized carbons (Fsp3) is 0.211. The van der Waals surface area contributed by atoms with E-state index in [1.54, 1.807) is 36.4 Å². The normalized spacial score (nSPS) is 10.5. The molecule has 0 saturated heterocycles. The third-order valence-electron chi connectivity index (χ3n) is 4.07. The van der Waals surface area contributed by atoms with Crippen LogP contribution in [0.4, 0.5) is 5.69 Å². The van der Waals surface area contributed by atoms with Crippen LogP contribution >= 0.6 is 11.6 Å². The number of hydrogen-bond acceptors (Lipinski definition) is 7. The van der Waals surface area contributed by atoms with Crippen molar-refractivity contribution in [2.24, 2.45) is 0 Å². The van der Waals surface area contributed by atoms with Crippen LogP contribution in [0.2, 0.25) is 5.02 Å². The zero-order valence-electron chi connectivity index (χ0n) is 15.9. The van der Waals surface area contributed by atoms with Crippen LogP contribution in [0.3, 0.4) is 0 Å². The van der Waals surface area contributed by atoms with Gasteiger partial charge in [-0.3, -0.25) is 9.32 Å². The fourth-order valence-corrected chi connectivity index (χ4v) is 2.87. The molecule has 1 amide bonds. The van der Waals surface area contributed by atoms with Gasteiger partial charge in [0.2, 0.25) is 5.91 Å². The molecule has 3 aromatic rings. The zero-order valence-corrected chi connectivity index (χ0v) is 16.6. The Labute approximate surface area is 170 Å². The molecule has 1 heterocycles. The van der Waals surface area contributed by atoms with Gasteiger partial charge < -0.3 is 19.5 Å². The van der Waals surface area contributed by atoms with Gasteiger partial charge in [0.15, 0.2) is 17.3 Å². The van der Waals surface area contributed by atoms with Gasteiger partial charge in [0.05, 0.1) is 27.0 Å². The van der Waals surface area contributed by atoms with Crippen LogP contribution in [0.5, 0.6) is 17.2 Å². The van der Waals surface area contributed by atoms with Gasteiger partial charge in [-0.15, -0.1) is 0 Å². The summed E-state index contributed by atoms with van der Waals surface area (Å²) in [5.74, 6) is 0.296. The lowest BCUT2D eigenvalue weighted by Gasteiger charge is -2.12. The Balaban J connectivity index is 1.88. The molecule has 29 heavy (non-hydrogen) atoms. The van der Waals surface area contributed by atoms with Crippen LogP contribution in [0, 0.1) is 0 Å². The maximum atomic E-state index is 12.5. The van der Waals surface area contributed by atoms with Crippen molar-refractivity contribution in [3.05, 3.63) is 52.0 Å². The minimum absolute atomic E-state index is 0.171. The first kappa shape index (κ1) is 20.3. The summed E-state index contributed by atoms with van der Waals surface area (Å²) < 4.78 is 21.5. The largest absolute Gasteiger partial charge is 0.495 e. The molecule has 1 aromatic heterocycles. The van der Waals surface area contributed by atoms with E-state index in [2.05, 4.69) is 10.5 Å². The molecule has 0 aliphatic rings. The predicted molar refractivity (Wildman–Crippen MR) is 106 cm³/mol. The van der Waals surface area contributed by atoms with Crippen molar-refractivity contribution in [2.45, 2.75) is 6.54 Å². The molecule has 0 atom stereocenters. The van der Waals surface area contributed by atoms with Gasteiger partial charge in [-0.1, -0.05) is 16.8 Å². The van der Waals surface area contributed by atoms with Crippen LogP contribution in [0.25, 0.3) is 11.4 Å². The van der Waals surface area contributed by atoms with E-state index in [9.17, 15) is 9.59 Å². The summed E-state index contributed by atoms with van der Waals surface area (Å²) >= 11 is 5.97. The molecule has 0 bridgehead atoms. The molecule has 0 aliphatic heterocycles. The molecule has 2 aromatic carbocycles. The molecule has 0 saturated carbocycles. The lowest BCUT2D eigenvalue weighted by atomic mass is 10.2. The van der Waals surface area contributed by atoms with Gasteiger partial charge in [-0.05, 0) is 36.4 Å². The Kier molecular flexibility index (Phi) is 6.08. The standard InChI is InChI=1S/C19H18ClN3O6/c1-26-14-7-5-12(20)9-13(14)21-17(24)10-23-18(22-29-19(23)25)11-4-6-15(27-2)16(8-11)28-3/h4-9H,10H2,1-3H3,(H,21,24). The van der Waals surface area contributed by atoms with Gasteiger partial charge in [-0.2, -0.15) is 0 Å². The number of aromatic nitrogens is 2. The second-order valence-corrected chi connectivity index (χ2v) is 6.26. The van der Waals surface area contributed by atoms with Crippen LogP contribution in [0.1, 0.15) is 0 Å². The SMILES string of the molecule is COc1ccc(Cl)cc1NC(=O)Cn1c(-c2ccc(OC)c(OC)c2)noc1=O. The Morgan fingerprint density at radius 3 is 2.45 bits per heavy atom. The number of carbonyl (C=O) groups excluding carboxylic acids is 1. The lowest BCUT2D eigenvalue weighted by Crippen LogP contribution is -2.25. The van der Waals surface area contributed by atoms with E-state index < -0.39 is 11.7 Å². The van der Waals surface area contributed by atoms with E-state index in [4.69, 9.17) is 30.3 Å². The highest BCUT2D eigenvalue weighted by Gasteiger charge is 2.18. The highest BCUT2D eigenvalue weighted by molar-refractivity contribution is 6.31. The molecule has 9 nitrogen and oxygen atoms in total. The Hall–Kier alpha value is -3.46. The second-order valence-electron chi connectivity index (χ2n) is 5.82. The molecular weight excluding hydrogens is 402 g/mol. The average Bonchev–Trinajstić information content (AvgIpc) is 3.07. The number of nitrogens with one attached hydrogen (secondary N) is 1. The average molecular weight is 420 g/mol. The summed E-state index contributed by atoms with van der Waals surface area (Å²) in [6.07, 6.45) is 0. The van der Waals surface area contributed by atoms with Crippen LogP contribution in [-0.4, -0.2) is 37.0 Å². The van der Waals surface area contributed by atoms with E-state index in [0.717, 1.165) is 4.57 Å². The van der Waals surface area contributed by atoms with Crippen LogP contribution in [-0.2, 0) is 11.3 Å². The van der Waals surface area contributed by atoms with Crippen molar-refractivity contribution in [3.8, 4) is 28.6 Å². The van der Waals surface area contributed by atoms with Gasteiger partial charge in [0.1, 0.15) is 12.3 Å². The summed E-state index contributed by atoms with van der Waals surface area (Å²) in [5, 5.41) is 6.87. The Morgan fingerprint density at radius 1 is 1.07 bits per heavy atom. The number of hydrogen-bond donors (Lipinski definition) is 1. The highest BCUT2D eigenvalue weighted by atomic mass is 35.5. The minimum atomic E-state index is -0.775. The third-order valence-corrected chi connectivity index (χ3v) is 4.30. The van der Waals surface area contributed by atoms with Crippen molar-refractivity contribution in [1.82, 2.24) is 9.72 Å². The number of anilines is 1.